The smallest absolute Gasteiger partial charge is 0.133 e. The first-order valence-electron chi connectivity index (χ1n) is 4.61. The Labute approximate surface area is 104 Å². The summed E-state index contributed by atoms with van der Waals surface area (Å²) in [7, 11) is 0. The minimum Gasteiger partial charge on any atom is -0.491 e. The second-order valence-corrected chi connectivity index (χ2v) is 5.26. The number of thiocarbonyl (C=S) groups is 1. The van der Waals surface area contributed by atoms with Crippen molar-refractivity contribution in [3.8, 4) is 5.75 Å². The van der Waals surface area contributed by atoms with Crippen LogP contribution in [0.3, 0.4) is 0 Å². The van der Waals surface area contributed by atoms with Gasteiger partial charge in [-0.2, -0.15) is 0 Å². The van der Waals surface area contributed by atoms with E-state index in [-0.39, 0.29) is 5.41 Å². The van der Waals surface area contributed by atoms with Crippen LogP contribution in [-0.4, -0.2) is 11.6 Å². The molecule has 1 aromatic carbocycles. The Balaban J connectivity index is 2.66. The topological polar surface area (TPSA) is 35.2 Å². The molecule has 4 heteroatoms. The fourth-order valence-electron chi connectivity index (χ4n) is 0.891. The molecular weight excluding hydrogens is 274 g/mol. The molecular formula is C11H14BrNOS. The van der Waals surface area contributed by atoms with Gasteiger partial charge in [-0.3, -0.25) is 0 Å². The third-order valence-corrected chi connectivity index (χ3v) is 3.30. The molecule has 0 aliphatic rings. The van der Waals surface area contributed by atoms with Crippen LogP contribution >= 0.6 is 28.1 Å². The van der Waals surface area contributed by atoms with Gasteiger partial charge in [-0.25, -0.2) is 0 Å². The van der Waals surface area contributed by atoms with Crippen LogP contribution in [0.15, 0.2) is 28.7 Å². The molecule has 82 valence electrons. The van der Waals surface area contributed by atoms with Gasteiger partial charge in [0.15, 0.2) is 0 Å². The molecule has 0 amide bonds. The van der Waals surface area contributed by atoms with Gasteiger partial charge in [-0.05, 0) is 28.1 Å². The maximum atomic E-state index is 5.65. The highest BCUT2D eigenvalue weighted by Gasteiger charge is 2.22. The quantitative estimate of drug-likeness (QED) is 0.864. The van der Waals surface area contributed by atoms with Gasteiger partial charge in [-0.15, -0.1) is 0 Å². The summed E-state index contributed by atoms with van der Waals surface area (Å²) < 4.78 is 6.58. The predicted octanol–water partition coefficient (Wildman–Crippen LogP) is 3.14. The number of nitrogens with two attached hydrogens (primary N) is 1. The molecule has 0 radical (unpaired) electrons. The van der Waals surface area contributed by atoms with Crippen LogP contribution in [0.1, 0.15) is 13.8 Å². The van der Waals surface area contributed by atoms with E-state index >= 15 is 0 Å². The number of benzene rings is 1. The third-order valence-electron chi connectivity index (χ3n) is 2.09. The molecule has 0 atom stereocenters. The third kappa shape index (κ3) is 3.47. The summed E-state index contributed by atoms with van der Waals surface area (Å²) in [5, 5.41) is 0. The zero-order chi connectivity index (χ0) is 11.5. The largest absolute Gasteiger partial charge is 0.491 e. The number of hydrogen-bond donors (Lipinski definition) is 1. The van der Waals surface area contributed by atoms with Gasteiger partial charge in [0.25, 0.3) is 0 Å². The standard InChI is InChI=1S/C11H14BrNOS/c1-11(2,10(13)15)7-14-9-6-4-3-5-8(9)12/h3-6H,7H2,1-2H3,(H2,13,15). The Kier molecular flexibility index (Phi) is 4.11. The van der Waals surface area contributed by atoms with Crippen LogP contribution in [0.25, 0.3) is 0 Å². The van der Waals surface area contributed by atoms with E-state index in [1.807, 2.05) is 38.1 Å². The van der Waals surface area contributed by atoms with E-state index in [1.165, 1.54) is 0 Å². The number of para-hydroxylation sites is 1. The molecule has 0 aliphatic heterocycles. The molecule has 0 heterocycles. The zero-order valence-corrected chi connectivity index (χ0v) is 11.2. The molecule has 0 fully saturated rings. The Morgan fingerprint density at radius 2 is 2.07 bits per heavy atom. The molecule has 0 aromatic heterocycles. The first kappa shape index (κ1) is 12.5. The summed E-state index contributed by atoms with van der Waals surface area (Å²) in [5.74, 6) is 0.807. The molecule has 15 heavy (non-hydrogen) atoms. The lowest BCUT2D eigenvalue weighted by Gasteiger charge is -2.23. The van der Waals surface area contributed by atoms with Gasteiger partial charge in [0.1, 0.15) is 5.75 Å². The molecule has 0 bridgehead atoms. The minimum absolute atomic E-state index is 0.287. The molecule has 0 saturated heterocycles. The van der Waals surface area contributed by atoms with Gasteiger partial charge >= 0.3 is 0 Å². The van der Waals surface area contributed by atoms with E-state index in [2.05, 4.69) is 15.9 Å². The van der Waals surface area contributed by atoms with Crippen LogP contribution in [-0.2, 0) is 0 Å². The van der Waals surface area contributed by atoms with E-state index < -0.39 is 0 Å². The Bertz CT molecular complexity index is 365. The molecule has 0 aliphatic carbocycles. The van der Waals surface area contributed by atoms with Crippen LogP contribution in [0, 0.1) is 5.41 Å². The lowest BCUT2D eigenvalue weighted by atomic mass is 9.95. The van der Waals surface area contributed by atoms with Gasteiger partial charge in [0, 0.05) is 5.41 Å². The number of hydrogen-bond acceptors (Lipinski definition) is 2. The Morgan fingerprint density at radius 1 is 1.47 bits per heavy atom. The highest BCUT2D eigenvalue weighted by molar-refractivity contribution is 9.10. The fraction of sp³-hybridized carbons (Fsp3) is 0.364. The van der Waals surface area contributed by atoms with Crippen molar-refractivity contribution < 1.29 is 4.74 Å². The molecule has 1 aromatic rings. The van der Waals surface area contributed by atoms with E-state index in [9.17, 15) is 0 Å². The summed E-state index contributed by atoms with van der Waals surface area (Å²) in [6.07, 6.45) is 0. The lowest BCUT2D eigenvalue weighted by Crippen LogP contribution is -2.35. The first-order chi connectivity index (χ1) is 6.93. The first-order valence-corrected chi connectivity index (χ1v) is 5.81. The van der Waals surface area contributed by atoms with Crippen molar-refractivity contribution >= 4 is 33.1 Å². The zero-order valence-electron chi connectivity index (χ0n) is 8.79. The molecule has 2 nitrogen and oxygen atoms in total. The van der Waals surface area contributed by atoms with E-state index in [4.69, 9.17) is 22.7 Å². The number of rotatable bonds is 4. The van der Waals surface area contributed by atoms with Crippen molar-refractivity contribution in [3.05, 3.63) is 28.7 Å². The minimum atomic E-state index is -0.287. The summed E-state index contributed by atoms with van der Waals surface area (Å²) in [5.41, 5.74) is 5.33. The maximum absolute atomic E-state index is 5.65. The summed E-state index contributed by atoms with van der Waals surface area (Å²) in [4.78, 5) is 0.467. The van der Waals surface area contributed by atoms with Crippen molar-refractivity contribution in [1.29, 1.82) is 0 Å². The fourth-order valence-corrected chi connectivity index (χ4v) is 1.35. The van der Waals surface area contributed by atoms with E-state index in [0.29, 0.717) is 11.6 Å². The van der Waals surface area contributed by atoms with Gasteiger partial charge in [-0.1, -0.05) is 38.2 Å². The van der Waals surface area contributed by atoms with Crippen molar-refractivity contribution in [1.82, 2.24) is 0 Å². The highest BCUT2D eigenvalue weighted by atomic mass is 79.9. The van der Waals surface area contributed by atoms with Crippen molar-refractivity contribution in [2.45, 2.75) is 13.8 Å². The van der Waals surface area contributed by atoms with Crippen LogP contribution in [0.4, 0.5) is 0 Å². The van der Waals surface area contributed by atoms with E-state index in [1.54, 1.807) is 0 Å². The van der Waals surface area contributed by atoms with Gasteiger partial charge in [0.2, 0.25) is 0 Å². The number of ether oxygens (including phenoxy) is 1. The normalized spacial score (nSPS) is 11.1. The Hall–Kier alpha value is -0.610. The van der Waals surface area contributed by atoms with Crippen LogP contribution < -0.4 is 10.5 Å². The molecule has 0 spiro atoms. The average molecular weight is 288 g/mol. The Morgan fingerprint density at radius 3 is 2.60 bits per heavy atom. The summed E-state index contributed by atoms with van der Waals surface area (Å²) in [6, 6.07) is 7.70. The van der Waals surface area contributed by atoms with Crippen molar-refractivity contribution in [2.24, 2.45) is 11.1 Å². The maximum Gasteiger partial charge on any atom is 0.133 e. The second-order valence-electron chi connectivity index (χ2n) is 3.97. The van der Waals surface area contributed by atoms with Crippen LogP contribution in [0.2, 0.25) is 0 Å². The molecule has 2 N–H and O–H groups in total. The van der Waals surface area contributed by atoms with Crippen molar-refractivity contribution in [3.63, 3.8) is 0 Å². The van der Waals surface area contributed by atoms with E-state index in [0.717, 1.165) is 10.2 Å². The second kappa shape index (κ2) is 4.94. The molecule has 0 unspecified atom stereocenters. The average Bonchev–Trinajstić information content (AvgIpc) is 2.16. The molecule has 0 saturated carbocycles. The van der Waals surface area contributed by atoms with Crippen molar-refractivity contribution in [2.75, 3.05) is 6.61 Å². The van der Waals surface area contributed by atoms with Crippen LogP contribution in [0.5, 0.6) is 5.75 Å². The summed E-state index contributed by atoms with van der Waals surface area (Å²) in [6.45, 7) is 4.41. The predicted molar refractivity (Wildman–Crippen MR) is 70.2 cm³/mol. The monoisotopic (exact) mass is 287 g/mol. The SMILES string of the molecule is CC(C)(COc1ccccc1Br)C(N)=S. The van der Waals surface area contributed by atoms with Gasteiger partial charge in [0.05, 0.1) is 16.1 Å². The van der Waals surface area contributed by atoms with Gasteiger partial charge < -0.3 is 10.5 Å². The number of halogens is 1. The highest BCUT2D eigenvalue weighted by Crippen LogP contribution is 2.26. The molecule has 1 rings (SSSR count). The summed E-state index contributed by atoms with van der Waals surface area (Å²) >= 11 is 8.38. The lowest BCUT2D eigenvalue weighted by molar-refractivity contribution is 0.235.